The first-order chi connectivity index (χ1) is 9.25. The number of para-hydroxylation sites is 2. The van der Waals surface area contributed by atoms with E-state index in [4.69, 9.17) is 0 Å². The van der Waals surface area contributed by atoms with Crippen molar-refractivity contribution in [2.45, 2.75) is 0 Å². The molecule has 0 saturated carbocycles. The second-order valence-electron chi connectivity index (χ2n) is 3.99. The fraction of sp³-hybridized carbons (Fsp3) is 0. The number of nitrogens with zero attached hydrogens (tertiary/aromatic N) is 3. The van der Waals surface area contributed by atoms with E-state index in [0.717, 1.165) is 0 Å². The van der Waals surface area contributed by atoms with E-state index in [2.05, 4.69) is 15.5 Å². The first kappa shape index (κ1) is 11.3. The van der Waals surface area contributed by atoms with Crippen LogP contribution in [0.4, 0.5) is 0 Å². The molecule has 0 aromatic heterocycles. The SMILES string of the molecule is Oc1ccccc1C1=NC(c2ccccc2O)=N[N]1. The summed E-state index contributed by atoms with van der Waals surface area (Å²) >= 11 is 0. The zero-order valence-electron chi connectivity index (χ0n) is 9.85. The Morgan fingerprint density at radius 2 is 1.21 bits per heavy atom. The fourth-order valence-electron chi connectivity index (χ4n) is 1.79. The summed E-state index contributed by atoms with van der Waals surface area (Å²) in [6, 6.07) is 13.5. The van der Waals surface area contributed by atoms with Crippen LogP contribution in [-0.4, -0.2) is 21.9 Å². The highest BCUT2D eigenvalue weighted by Gasteiger charge is 2.19. The Morgan fingerprint density at radius 1 is 0.684 bits per heavy atom. The van der Waals surface area contributed by atoms with Crippen LogP contribution in [0.5, 0.6) is 11.5 Å². The normalized spacial score (nSPS) is 13.7. The van der Waals surface area contributed by atoms with Crippen molar-refractivity contribution in [3.63, 3.8) is 0 Å². The van der Waals surface area contributed by atoms with Gasteiger partial charge < -0.3 is 10.2 Å². The predicted molar refractivity (Wildman–Crippen MR) is 71.4 cm³/mol. The molecule has 0 fully saturated rings. The topological polar surface area (TPSA) is 79.3 Å². The van der Waals surface area contributed by atoms with Crippen molar-refractivity contribution in [3.05, 3.63) is 59.7 Å². The quantitative estimate of drug-likeness (QED) is 0.855. The van der Waals surface area contributed by atoms with Crippen molar-refractivity contribution in [1.29, 1.82) is 0 Å². The number of rotatable bonds is 2. The molecule has 5 heteroatoms. The van der Waals surface area contributed by atoms with Crippen LogP contribution in [0.2, 0.25) is 0 Å². The molecule has 0 saturated heterocycles. The predicted octanol–water partition coefficient (Wildman–Crippen LogP) is 1.82. The maximum Gasteiger partial charge on any atom is 0.187 e. The number of hydrogen-bond acceptors (Lipinski definition) is 4. The third-order valence-corrected chi connectivity index (χ3v) is 2.74. The maximum absolute atomic E-state index is 9.74. The molecular formula is C14H10N3O2. The van der Waals surface area contributed by atoms with E-state index < -0.39 is 0 Å². The van der Waals surface area contributed by atoms with Crippen molar-refractivity contribution >= 4 is 11.7 Å². The minimum atomic E-state index is 0.0960. The van der Waals surface area contributed by atoms with Gasteiger partial charge in [0.2, 0.25) is 0 Å². The molecule has 1 heterocycles. The minimum absolute atomic E-state index is 0.0960. The van der Waals surface area contributed by atoms with Gasteiger partial charge in [-0.1, -0.05) is 24.3 Å². The largest absolute Gasteiger partial charge is 0.507 e. The minimum Gasteiger partial charge on any atom is -0.507 e. The van der Waals surface area contributed by atoms with Gasteiger partial charge in [-0.15, -0.1) is 10.5 Å². The van der Waals surface area contributed by atoms with E-state index >= 15 is 0 Å². The van der Waals surface area contributed by atoms with Crippen LogP contribution in [0.25, 0.3) is 0 Å². The first-order valence-corrected chi connectivity index (χ1v) is 5.70. The summed E-state index contributed by atoms with van der Waals surface area (Å²) in [5.41, 5.74) is 4.95. The van der Waals surface area contributed by atoms with E-state index in [9.17, 15) is 10.2 Å². The third-order valence-electron chi connectivity index (χ3n) is 2.74. The Balaban J connectivity index is 1.97. The van der Waals surface area contributed by atoms with Crippen LogP contribution in [0.15, 0.2) is 58.6 Å². The van der Waals surface area contributed by atoms with Crippen LogP contribution in [0.1, 0.15) is 11.1 Å². The maximum atomic E-state index is 9.74. The van der Waals surface area contributed by atoms with Gasteiger partial charge in [-0.3, -0.25) is 0 Å². The summed E-state index contributed by atoms with van der Waals surface area (Å²) in [5.74, 6) is 0.852. The molecule has 0 spiro atoms. The molecule has 93 valence electrons. The number of hydrogen-bond donors (Lipinski definition) is 2. The fourth-order valence-corrected chi connectivity index (χ4v) is 1.79. The lowest BCUT2D eigenvalue weighted by molar-refractivity contribution is 0.473. The van der Waals surface area contributed by atoms with Crippen molar-refractivity contribution in [1.82, 2.24) is 5.43 Å². The van der Waals surface area contributed by atoms with E-state index in [-0.39, 0.29) is 11.5 Å². The van der Waals surface area contributed by atoms with Crippen molar-refractivity contribution in [3.8, 4) is 11.5 Å². The average Bonchev–Trinajstić information content (AvgIpc) is 2.89. The number of amidine groups is 2. The van der Waals surface area contributed by atoms with Crippen molar-refractivity contribution in [2.75, 3.05) is 0 Å². The molecule has 0 unspecified atom stereocenters. The molecule has 1 radical (unpaired) electrons. The molecule has 3 rings (SSSR count). The number of phenolic OH excluding ortho intramolecular Hbond substituents is 2. The molecule has 0 amide bonds. The number of phenols is 2. The Labute approximate surface area is 109 Å². The molecule has 0 bridgehead atoms. The van der Waals surface area contributed by atoms with Gasteiger partial charge in [0.15, 0.2) is 11.7 Å². The van der Waals surface area contributed by atoms with Crippen molar-refractivity contribution < 1.29 is 10.2 Å². The monoisotopic (exact) mass is 252 g/mol. The Bertz CT molecular complexity index is 693. The zero-order chi connectivity index (χ0) is 13.2. The van der Waals surface area contributed by atoms with E-state index in [1.54, 1.807) is 48.5 Å². The molecule has 0 aliphatic carbocycles. The standard InChI is InChI=1S/C14H10N3O2/c18-11-7-3-1-5-9(11)13-15-14(17-16-13)10-6-2-4-8-12(10)19/h1-8,18-19H. The van der Waals surface area contributed by atoms with E-state index in [1.807, 2.05) is 0 Å². The van der Waals surface area contributed by atoms with Crippen LogP contribution < -0.4 is 5.43 Å². The number of aliphatic imine (C=N–C) groups is 1. The number of aromatic hydroxyl groups is 2. The highest BCUT2D eigenvalue weighted by atomic mass is 16.3. The van der Waals surface area contributed by atoms with Crippen LogP contribution in [0, 0.1) is 0 Å². The number of benzene rings is 2. The van der Waals surface area contributed by atoms with Crippen LogP contribution in [-0.2, 0) is 0 Å². The summed E-state index contributed by atoms with van der Waals surface area (Å²) in [7, 11) is 0. The van der Waals surface area contributed by atoms with E-state index in [0.29, 0.717) is 22.8 Å². The molecule has 5 nitrogen and oxygen atoms in total. The lowest BCUT2D eigenvalue weighted by atomic mass is 10.1. The molecule has 2 aromatic rings. The van der Waals surface area contributed by atoms with Crippen molar-refractivity contribution in [2.24, 2.45) is 10.1 Å². The summed E-state index contributed by atoms with van der Waals surface area (Å²) in [5, 5.41) is 23.4. The second kappa shape index (κ2) is 4.45. The summed E-state index contributed by atoms with van der Waals surface area (Å²) in [6.45, 7) is 0. The van der Waals surface area contributed by atoms with Gasteiger partial charge >= 0.3 is 0 Å². The van der Waals surface area contributed by atoms with Gasteiger partial charge in [0.1, 0.15) is 11.5 Å². The van der Waals surface area contributed by atoms with Gasteiger partial charge in [0, 0.05) is 0 Å². The molecule has 2 N–H and O–H groups in total. The second-order valence-corrected chi connectivity index (χ2v) is 3.99. The van der Waals surface area contributed by atoms with Gasteiger partial charge in [-0.2, -0.15) is 0 Å². The van der Waals surface area contributed by atoms with Crippen LogP contribution >= 0.6 is 0 Å². The third kappa shape index (κ3) is 2.01. The molecular weight excluding hydrogens is 242 g/mol. The van der Waals surface area contributed by atoms with Crippen LogP contribution in [0.3, 0.4) is 0 Å². The molecule has 2 aromatic carbocycles. The summed E-state index contributed by atoms with van der Waals surface area (Å²) in [6.07, 6.45) is 0. The summed E-state index contributed by atoms with van der Waals surface area (Å²) in [4.78, 5) is 4.23. The van der Waals surface area contributed by atoms with Gasteiger partial charge in [-0.05, 0) is 24.3 Å². The van der Waals surface area contributed by atoms with Gasteiger partial charge in [0.05, 0.1) is 11.1 Å². The Hall–Kier alpha value is -2.82. The Morgan fingerprint density at radius 3 is 1.79 bits per heavy atom. The lowest BCUT2D eigenvalue weighted by Crippen LogP contribution is -2.07. The first-order valence-electron chi connectivity index (χ1n) is 5.70. The highest BCUT2D eigenvalue weighted by Crippen LogP contribution is 2.22. The Kier molecular flexibility index (Phi) is 2.64. The molecule has 0 atom stereocenters. The summed E-state index contributed by atoms with van der Waals surface area (Å²) < 4.78 is 0. The van der Waals surface area contributed by atoms with Gasteiger partial charge in [0.25, 0.3) is 0 Å². The van der Waals surface area contributed by atoms with E-state index in [1.165, 1.54) is 0 Å². The smallest absolute Gasteiger partial charge is 0.187 e. The van der Waals surface area contributed by atoms with Gasteiger partial charge in [-0.25, -0.2) is 4.99 Å². The molecule has 1 aliphatic heterocycles. The molecule has 1 aliphatic rings. The zero-order valence-corrected chi connectivity index (χ0v) is 9.85. The average molecular weight is 252 g/mol. The molecule has 19 heavy (non-hydrogen) atoms. The lowest BCUT2D eigenvalue weighted by Gasteiger charge is -2.01. The highest BCUT2D eigenvalue weighted by molar-refractivity contribution is 6.16.